The van der Waals surface area contributed by atoms with Gasteiger partial charge < -0.3 is 15.4 Å². The van der Waals surface area contributed by atoms with Gasteiger partial charge in [-0.3, -0.25) is 10.2 Å². The number of methoxy groups -OCH3 is 1. The molecule has 4 rings (SSSR count). The number of nitrogens with zero attached hydrogens (tertiary/aromatic N) is 2. The first-order valence-corrected chi connectivity index (χ1v) is 13.0. The molecule has 1 saturated heterocycles. The molecule has 3 saturated carbocycles. The summed E-state index contributed by atoms with van der Waals surface area (Å²) in [4.78, 5) is 5.28. The zero-order valence-electron chi connectivity index (χ0n) is 19.7. The van der Waals surface area contributed by atoms with Crippen molar-refractivity contribution in [1.29, 1.82) is 0 Å². The van der Waals surface area contributed by atoms with E-state index >= 15 is 0 Å². The fourth-order valence-corrected chi connectivity index (χ4v) is 7.28. The predicted octanol–water partition coefficient (Wildman–Crippen LogP) is 3.29. The van der Waals surface area contributed by atoms with Gasteiger partial charge in [0.1, 0.15) is 0 Å². The average Bonchev–Trinajstić information content (AvgIpc) is 3.17. The Bertz CT molecular complexity index is 501. The van der Waals surface area contributed by atoms with E-state index < -0.39 is 0 Å². The van der Waals surface area contributed by atoms with E-state index in [2.05, 4.69) is 22.2 Å². The molecule has 0 aromatic rings. The molecule has 3 N–H and O–H groups in total. The molecule has 3 atom stereocenters. The number of nitrogens with one attached hydrogen (secondary N) is 1. The SMILES string of the molecule is COC1CCC(CN2CNC3CCC(C4CCC(CN(C)CCN)CC4)CC32)CC1. The minimum Gasteiger partial charge on any atom is -0.381 e. The van der Waals surface area contributed by atoms with Crippen molar-refractivity contribution in [3.05, 3.63) is 0 Å². The Morgan fingerprint density at radius 3 is 2.33 bits per heavy atom. The van der Waals surface area contributed by atoms with Crippen molar-refractivity contribution in [2.24, 2.45) is 29.4 Å². The van der Waals surface area contributed by atoms with Gasteiger partial charge in [-0.05, 0) is 101 Å². The van der Waals surface area contributed by atoms with E-state index in [0.29, 0.717) is 6.10 Å². The van der Waals surface area contributed by atoms with Crippen LogP contribution in [0.1, 0.15) is 70.6 Å². The lowest BCUT2D eigenvalue weighted by atomic mass is 9.69. The summed E-state index contributed by atoms with van der Waals surface area (Å²) in [6.07, 6.45) is 15.9. The fraction of sp³-hybridized carbons (Fsp3) is 1.00. The molecule has 0 radical (unpaired) electrons. The summed E-state index contributed by atoms with van der Waals surface area (Å²) in [6, 6.07) is 1.56. The minimum atomic E-state index is 0.523. The molecule has 3 unspecified atom stereocenters. The first kappa shape index (κ1) is 23.0. The van der Waals surface area contributed by atoms with Gasteiger partial charge in [0, 0.05) is 52.0 Å². The summed E-state index contributed by atoms with van der Waals surface area (Å²) in [5, 5.41) is 3.87. The highest BCUT2D eigenvalue weighted by Crippen LogP contribution is 2.42. The Kier molecular flexibility index (Phi) is 8.49. The van der Waals surface area contributed by atoms with Gasteiger partial charge in [-0.15, -0.1) is 0 Å². The highest BCUT2D eigenvalue weighted by Gasteiger charge is 2.42. The van der Waals surface area contributed by atoms with Crippen LogP contribution in [0.2, 0.25) is 0 Å². The Morgan fingerprint density at radius 1 is 0.933 bits per heavy atom. The predicted molar refractivity (Wildman–Crippen MR) is 124 cm³/mol. The van der Waals surface area contributed by atoms with Crippen molar-refractivity contribution in [3.63, 3.8) is 0 Å². The van der Waals surface area contributed by atoms with Crippen molar-refractivity contribution in [1.82, 2.24) is 15.1 Å². The Morgan fingerprint density at radius 2 is 1.63 bits per heavy atom. The maximum atomic E-state index is 5.72. The molecule has 0 amide bonds. The van der Waals surface area contributed by atoms with Gasteiger partial charge in [-0.1, -0.05) is 0 Å². The topological polar surface area (TPSA) is 53.8 Å². The van der Waals surface area contributed by atoms with E-state index in [1.807, 2.05) is 7.11 Å². The van der Waals surface area contributed by atoms with Crippen LogP contribution in [0.5, 0.6) is 0 Å². The van der Waals surface area contributed by atoms with Crippen molar-refractivity contribution in [2.45, 2.75) is 88.8 Å². The highest BCUT2D eigenvalue weighted by molar-refractivity contribution is 4.98. The van der Waals surface area contributed by atoms with Crippen molar-refractivity contribution in [3.8, 4) is 0 Å². The zero-order valence-corrected chi connectivity index (χ0v) is 19.7. The minimum absolute atomic E-state index is 0.523. The summed E-state index contributed by atoms with van der Waals surface area (Å²) < 4.78 is 5.58. The molecule has 174 valence electrons. The first-order valence-electron chi connectivity index (χ1n) is 13.0. The maximum absolute atomic E-state index is 5.72. The van der Waals surface area contributed by atoms with Gasteiger partial charge in [0.15, 0.2) is 0 Å². The lowest BCUT2D eigenvalue weighted by Crippen LogP contribution is -2.45. The van der Waals surface area contributed by atoms with Crippen molar-refractivity contribution < 1.29 is 4.74 Å². The molecule has 4 fully saturated rings. The third-order valence-electron chi connectivity index (χ3n) is 9.14. The Hall–Kier alpha value is -0.200. The number of likely N-dealkylation sites (N-methyl/N-ethyl adjacent to an activating group) is 1. The van der Waals surface area contributed by atoms with E-state index in [-0.39, 0.29) is 0 Å². The lowest BCUT2D eigenvalue weighted by molar-refractivity contribution is 0.0437. The standard InChI is InChI=1S/C25H48N4O/c1-28(14-13-26)16-19-3-7-21(8-4-19)22-9-12-24-25(15-22)29(18-27-24)17-20-5-10-23(30-2)11-6-20/h19-25,27H,3-18,26H2,1-2H3. The molecular formula is C25H48N4O. The third kappa shape index (κ3) is 5.78. The number of nitrogens with two attached hydrogens (primary N) is 1. The van der Waals surface area contributed by atoms with Crippen molar-refractivity contribution in [2.75, 3.05) is 47.0 Å². The van der Waals surface area contributed by atoms with Gasteiger partial charge in [0.05, 0.1) is 6.10 Å². The molecule has 0 spiro atoms. The molecule has 1 aliphatic heterocycles. The summed E-state index contributed by atoms with van der Waals surface area (Å²) in [7, 11) is 4.12. The number of hydrogen-bond donors (Lipinski definition) is 2. The molecule has 1 heterocycles. The van der Waals surface area contributed by atoms with Crippen LogP contribution in [0, 0.1) is 23.7 Å². The van der Waals surface area contributed by atoms with Gasteiger partial charge in [-0.2, -0.15) is 0 Å². The highest BCUT2D eigenvalue weighted by atomic mass is 16.5. The van der Waals surface area contributed by atoms with Gasteiger partial charge >= 0.3 is 0 Å². The molecule has 30 heavy (non-hydrogen) atoms. The summed E-state index contributed by atoms with van der Waals surface area (Å²) in [5.74, 6) is 3.75. The number of rotatable bonds is 8. The van der Waals surface area contributed by atoms with Gasteiger partial charge in [0.25, 0.3) is 0 Å². The van der Waals surface area contributed by atoms with Crippen LogP contribution in [0.4, 0.5) is 0 Å². The monoisotopic (exact) mass is 420 g/mol. The van der Waals surface area contributed by atoms with Crippen LogP contribution < -0.4 is 11.1 Å². The molecule has 5 nitrogen and oxygen atoms in total. The summed E-state index contributed by atoms with van der Waals surface area (Å²) in [6.45, 7) is 5.53. The molecule has 5 heteroatoms. The lowest BCUT2D eigenvalue weighted by Gasteiger charge is -2.42. The van der Waals surface area contributed by atoms with E-state index in [0.717, 1.165) is 55.5 Å². The third-order valence-corrected chi connectivity index (χ3v) is 9.14. The summed E-state index contributed by atoms with van der Waals surface area (Å²) in [5.41, 5.74) is 5.72. The molecule has 3 aliphatic carbocycles. The van der Waals surface area contributed by atoms with Crippen LogP contribution in [-0.2, 0) is 4.74 Å². The van der Waals surface area contributed by atoms with Crippen molar-refractivity contribution >= 4 is 0 Å². The number of fused-ring (bicyclic) bond motifs is 1. The maximum Gasteiger partial charge on any atom is 0.0571 e. The van der Waals surface area contributed by atoms with E-state index in [9.17, 15) is 0 Å². The molecule has 4 aliphatic rings. The second-order valence-corrected chi connectivity index (χ2v) is 11.1. The summed E-state index contributed by atoms with van der Waals surface area (Å²) >= 11 is 0. The molecular weight excluding hydrogens is 372 g/mol. The first-order chi connectivity index (χ1) is 14.7. The molecule has 0 aromatic carbocycles. The van der Waals surface area contributed by atoms with E-state index in [1.165, 1.54) is 83.7 Å². The zero-order chi connectivity index (χ0) is 20.9. The fourth-order valence-electron chi connectivity index (χ4n) is 7.28. The Balaban J connectivity index is 1.23. The van der Waals surface area contributed by atoms with Gasteiger partial charge in [0.2, 0.25) is 0 Å². The van der Waals surface area contributed by atoms with Crippen LogP contribution in [-0.4, -0.2) is 75.0 Å². The number of hydrogen-bond acceptors (Lipinski definition) is 5. The van der Waals surface area contributed by atoms with Crippen LogP contribution in [0.15, 0.2) is 0 Å². The quantitative estimate of drug-likeness (QED) is 0.631. The van der Waals surface area contributed by atoms with Crippen LogP contribution in [0.25, 0.3) is 0 Å². The van der Waals surface area contributed by atoms with Crippen LogP contribution in [0.3, 0.4) is 0 Å². The normalized spacial score (nSPS) is 40.6. The Labute approximate surface area is 185 Å². The van der Waals surface area contributed by atoms with E-state index in [1.54, 1.807) is 0 Å². The van der Waals surface area contributed by atoms with E-state index in [4.69, 9.17) is 10.5 Å². The second kappa shape index (κ2) is 11.1. The number of ether oxygens (including phenoxy) is 1. The largest absolute Gasteiger partial charge is 0.381 e. The molecule has 0 bridgehead atoms. The molecule has 0 aromatic heterocycles. The smallest absolute Gasteiger partial charge is 0.0571 e. The second-order valence-electron chi connectivity index (χ2n) is 11.1. The van der Waals surface area contributed by atoms with Gasteiger partial charge in [-0.25, -0.2) is 0 Å². The van der Waals surface area contributed by atoms with Crippen LogP contribution >= 0.6 is 0 Å². The average molecular weight is 421 g/mol.